The van der Waals surface area contributed by atoms with Crippen molar-refractivity contribution in [3.05, 3.63) is 18.3 Å². The minimum absolute atomic E-state index is 0.671. The molecule has 0 unspecified atom stereocenters. The average molecular weight is 224 g/mol. The maximum atomic E-state index is 5.27. The molecule has 0 radical (unpaired) electrons. The number of ether oxygens (including phenoxy) is 1. The first kappa shape index (κ1) is 12.7. The van der Waals surface area contributed by atoms with E-state index in [-0.39, 0.29) is 0 Å². The van der Waals surface area contributed by atoms with Crippen LogP contribution in [0.3, 0.4) is 0 Å². The van der Waals surface area contributed by atoms with Gasteiger partial charge in [0.25, 0.3) is 0 Å². The molecule has 16 heavy (non-hydrogen) atoms. The molecule has 0 aliphatic heterocycles. The highest BCUT2D eigenvalue weighted by atomic mass is 16.5. The second kappa shape index (κ2) is 7.90. The zero-order valence-electron chi connectivity index (χ0n) is 9.70. The highest BCUT2D eigenvalue weighted by molar-refractivity contribution is 5.51. The Bertz CT molecular complexity index is 293. The van der Waals surface area contributed by atoms with Crippen LogP contribution in [0.25, 0.3) is 0 Å². The Hall–Kier alpha value is -1.33. The summed E-state index contributed by atoms with van der Waals surface area (Å²) >= 11 is 0. The molecule has 1 aromatic heterocycles. The van der Waals surface area contributed by atoms with E-state index in [0.29, 0.717) is 5.82 Å². The summed E-state index contributed by atoms with van der Waals surface area (Å²) in [6.07, 6.45) is 5.15. The van der Waals surface area contributed by atoms with Gasteiger partial charge < -0.3 is 15.5 Å². The van der Waals surface area contributed by atoms with Crippen LogP contribution in [0, 0.1) is 0 Å². The monoisotopic (exact) mass is 224 g/mol. The molecule has 0 aliphatic rings. The van der Waals surface area contributed by atoms with Crippen LogP contribution in [0.1, 0.15) is 19.3 Å². The fraction of sp³-hybridized carbons (Fsp3) is 0.545. The van der Waals surface area contributed by atoms with Crippen LogP contribution in [0.2, 0.25) is 0 Å². The van der Waals surface area contributed by atoms with Crippen molar-refractivity contribution in [3.63, 3.8) is 0 Å². The molecule has 1 aromatic rings. The lowest BCUT2D eigenvalue weighted by atomic mass is 10.2. The number of anilines is 2. The van der Waals surface area contributed by atoms with E-state index >= 15 is 0 Å². The number of nitrogens with one attached hydrogen (secondary N) is 2. The topological polar surface area (TPSA) is 72.2 Å². The molecule has 4 N–H and O–H groups in total. The van der Waals surface area contributed by atoms with E-state index in [0.717, 1.165) is 31.7 Å². The van der Waals surface area contributed by atoms with Gasteiger partial charge in [-0.25, -0.2) is 10.8 Å². The number of rotatable bonds is 8. The summed E-state index contributed by atoms with van der Waals surface area (Å²) < 4.78 is 4.99. The largest absolute Gasteiger partial charge is 0.385 e. The van der Waals surface area contributed by atoms with E-state index in [9.17, 15) is 0 Å². The maximum Gasteiger partial charge on any atom is 0.141 e. The number of hydrogen-bond donors (Lipinski definition) is 3. The van der Waals surface area contributed by atoms with E-state index in [4.69, 9.17) is 10.6 Å². The third-order valence-corrected chi connectivity index (χ3v) is 2.26. The van der Waals surface area contributed by atoms with Gasteiger partial charge in [-0.1, -0.05) is 0 Å². The molecule has 1 rings (SSSR count). The number of aromatic nitrogens is 1. The van der Waals surface area contributed by atoms with E-state index < -0.39 is 0 Å². The molecule has 5 heteroatoms. The third kappa shape index (κ3) is 4.95. The van der Waals surface area contributed by atoms with E-state index in [1.807, 2.05) is 12.1 Å². The Kier molecular flexibility index (Phi) is 6.29. The van der Waals surface area contributed by atoms with Gasteiger partial charge in [0.05, 0.1) is 0 Å². The van der Waals surface area contributed by atoms with Crippen molar-refractivity contribution in [2.75, 3.05) is 31.0 Å². The molecule has 0 spiro atoms. The number of nitrogens with zero attached hydrogens (tertiary/aromatic N) is 1. The molecule has 0 aromatic carbocycles. The molecule has 0 saturated heterocycles. The summed E-state index contributed by atoms with van der Waals surface area (Å²) in [6.45, 7) is 1.80. The maximum absolute atomic E-state index is 5.27. The Labute approximate surface area is 96.4 Å². The second-order valence-corrected chi connectivity index (χ2v) is 3.55. The molecule has 1 heterocycles. The van der Waals surface area contributed by atoms with Gasteiger partial charge in [-0.3, -0.25) is 0 Å². The highest BCUT2D eigenvalue weighted by Crippen LogP contribution is 2.10. The second-order valence-electron chi connectivity index (χ2n) is 3.55. The van der Waals surface area contributed by atoms with Gasteiger partial charge in [0.1, 0.15) is 5.82 Å². The van der Waals surface area contributed by atoms with Crippen LogP contribution in [0.15, 0.2) is 18.3 Å². The van der Waals surface area contributed by atoms with Crippen molar-refractivity contribution >= 4 is 11.5 Å². The lowest BCUT2D eigenvalue weighted by molar-refractivity contribution is 0.192. The zero-order valence-corrected chi connectivity index (χ0v) is 9.70. The van der Waals surface area contributed by atoms with Gasteiger partial charge in [0, 0.05) is 38.2 Å². The van der Waals surface area contributed by atoms with Gasteiger partial charge in [-0.15, -0.1) is 0 Å². The molecular weight excluding hydrogens is 204 g/mol. The van der Waals surface area contributed by atoms with Crippen LogP contribution >= 0.6 is 0 Å². The average Bonchev–Trinajstić information content (AvgIpc) is 2.34. The number of methoxy groups -OCH3 is 1. The first-order valence-electron chi connectivity index (χ1n) is 5.52. The number of pyridine rings is 1. The number of hydrazine groups is 1. The molecule has 0 amide bonds. The highest BCUT2D eigenvalue weighted by Gasteiger charge is 1.94. The third-order valence-electron chi connectivity index (χ3n) is 2.26. The lowest BCUT2D eigenvalue weighted by Gasteiger charge is -2.07. The quantitative estimate of drug-likeness (QED) is 0.355. The van der Waals surface area contributed by atoms with Crippen LogP contribution < -0.4 is 16.6 Å². The molecule has 0 fully saturated rings. The van der Waals surface area contributed by atoms with Gasteiger partial charge in [-0.05, 0) is 25.3 Å². The smallest absolute Gasteiger partial charge is 0.141 e. The molecule has 0 saturated carbocycles. The minimum atomic E-state index is 0.671. The Morgan fingerprint density at radius 1 is 1.38 bits per heavy atom. The lowest BCUT2D eigenvalue weighted by Crippen LogP contribution is -2.09. The van der Waals surface area contributed by atoms with Crippen molar-refractivity contribution in [1.29, 1.82) is 0 Å². The van der Waals surface area contributed by atoms with Crippen LogP contribution in [0.4, 0.5) is 11.5 Å². The number of unbranched alkanes of at least 4 members (excludes halogenated alkanes) is 2. The normalized spacial score (nSPS) is 10.1. The summed E-state index contributed by atoms with van der Waals surface area (Å²) in [5.74, 6) is 5.94. The predicted molar refractivity (Wildman–Crippen MR) is 66.3 cm³/mol. The summed E-state index contributed by atoms with van der Waals surface area (Å²) in [7, 11) is 1.73. The SMILES string of the molecule is COCCCCCNc1ccnc(NN)c1. The standard InChI is InChI=1S/C11H20N4O/c1-16-8-4-2-3-6-13-10-5-7-14-11(9-10)15-12/h5,7,9H,2-4,6,8,12H2,1H3,(H2,13,14,15). The Morgan fingerprint density at radius 3 is 3.00 bits per heavy atom. The molecule has 90 valence electrons. The first-order chi connectivity index (χ1) is 7.86. The van der Waals surface area contributed by atoms with Crippen molar-refractivity contribution < 1.29 is 4.74 Å². The first-order valence-corrected chi connectivity index (χ1v) is 5.52. The van der Waals surface area contributed by atoms with Gasteiger partial charge in [0.15, 0.2) is 0 Å². The zero-order chi connectivity index (χ0) is 11.6. The molecular formula is C11H20N4O. The van der Waals surface area contributed by atoms with E-state index in [1.54, 1.807) is 13.3 Å². The predicted octanol–water partition coefficient (Wildman–Crippen LogP) is 1.60. The fourth-order valence-electron chi connectivity index (χ4n) is 1.40. The fourth-order valence-corrected chi connectivity index (χ4v) is 1.40. The number of nitrogens with two attached hydrogens (primary N) is 1. The molecule has 0 atom stereocenters. The van der Waals surface area contributed by atoms with Crippen molar-refractivity contribution in [1.82, 2.24) is 4.98 Å². The van der Waals surface area contributed by atoms with Gasteiger partial charge in [-0.2, -0.15) is 0 Å². The summed E-state index contributed by atoms with van der Waals surface area (Å²) in [5.41, 5.74) is 3.55. The van der Waals surface area contributed by atoms with Crippen LogP contribution in [-0.4, -0.2) is 25.2 Å². The molecule has 0 aliphatic carbocycles. The summed E-state index contributed by atoms with van der Waals surface area (Å²) in [6, 6.07) is 3.81. The summed E-state index contributed by atoms with van der Waals surface area (Å²) in [5, 5.41) is 3.32. The Balaban J connectivity index is 2.16. The minimum Gasteiger partial charge on any atom is -0.385 e. The Morgan fingerprint density at radius 2 is 2.25 bits per heavy atom. The molecule has 0 bridgehead atoms. The van der Waals surface area contributed by atoms with Crippen molar-refractivity contribution in [2.45, 2.75) is 19.3 Å². The van der Waals surface area contributed by atoms with Gasteiger partial charge >= 0.3 is 0 Å². The summed E-state index contributed by atoms with van der Waals surface area (Å²) in [4.78, 5) is 4.03. The van der Waals surface area contributed by atoms with Crippen molar-refractivity contribution in [3.8, 4) is 0 Å². The van der Waals surface area contributed by atoms with Crippen LogP contribution in [-0.2, 0) is 4.74 Å². The number of hydrogen-bond acceptors (Lipinski definition) is 5. The van der Waals surface area contributed by atoms with Crippen molar-refractivity contribution in [2.24, 2.45) is 5.84 Å². The van der Waals surface area contributed by atoms with Gasteiger partial charge in [0.2, 0.25) is 0 Å². The molecule has 5 nitrogen and oxygen atoms in total. The van der Waals surface area contributed by atoms with E-state index in [1.165, 1.54) is 6.42 Å². The number of nitrogen functional groups attached to an aromatic ring is 1. The van der Waals surface area contributed by atoms with E-state index in [2.05, 4.69) is 15.7 Å². The van der Waals surface area contributed by atoms with Crippen LogP contribution in [0.5, 0.6) is 0 Å².